The van der Waals surface area contributed by atoms with Crippen molar-refractivity contribution >= 4 is 11.5 Å². The Labute approximate surface area is 152 Å². The molecule has 0 aliphatic rings. The van der Waals surface area contributed by atoms with Crippen LogP contribution in [0.25, 0.3) is 16.6 Å². The fourth-order valence-corrected chi connectivity index (χ4v) is 3.46. The van der Waals surface area contributed by atoms with Crippen molar-refractivity contribution in [3.63, 3.8) is 0 Å². The molecular weight excluding hydrogens is 322 g/mol. The average molecular weight is 341 g/mol. The molecule has 0 fully saturated rings. The van der Waals surface area contributed by atoms with Gasteiger partial charge in [-0.15, -0.1) is 0 Å². The summed E-state index contributed by atoms with van der Waals surface area (Å²) in [5, 5.41) is 0. The highest BCUT2D eigenvalue weighted by molar-refractivity contribution is 6.05. The standard InChI is InChI=1S/C23H19NO2/c1-26-23(25)22-19-14-8-9-15-24(19)20(16-17-10-4-2-5-11-17)21(22)18-12-6-3-7-13-18/h2-15H,16H2,1H3. The van der Waals surface area contributed by atoms with Crippen molar-refractivity contribution in [1.29, 1.82) is 0 Å². The van der Waals surface area contributed by atoms with Crippen LogP contribution in [0, 0.1) is 0 Å². The number of nitrogens with zero attached hydrogens (tertiary/aromatic N) is 1. The molecule has 0 spiro atoms. The number of carbonyl (C=O) groups excluding carboxylic acids is 1. The summed E-state index contributed by atoms with van der Waals surface area (Å²) in [7, 11) is 1.43. The Bertz CT molecular complexity index is 1050. The van der Waals surface area contributed by atoms with Crippen LogP contribution in [0.1, 0.15) is 21.6 Å². The molecule has 0 saturated carbocycles. The number of fused-ring (bicyclic) bond motifs is 1. The van der Waals surface area contributed by atoms with E-state index in [0.717, 1.165) is 28.8 Å². The summed E-state index contributed by atoms with van der Waals surface area (Å²) in [6.45, 7) is 0. The second-order valence-corrected chi connectivity index (χ2v) is 6.17. The van der Waals surface area contributed by atoms with Gasteiger partial charge in [0.1, 0.15) is 0 Å². The number of ether oxygens (including phenoxy) is 1. The Hall–Kier alpha value is -3.33. The predicted molar refractivity (Wildman–Crippen MR) is 103 cm³/mol. The predicted octanol–water partition coefficient (Wildman–Crippen LogP) is 4.98. The van der Waals surface area contributed by atoms with Gasteiger partial charge in [-0.05, 0) is 23.3 Å². The van der Waals surface area contributed by atoms with Gasteiger partial charge in [0.05, 0.1) is 18.2 Å². The molecule has 26 heavy (non-hydrogen) atoms. The van der Waals surface area contributed by atoms with Crippen molar-refractivity contribution in [1.82, 2.24) is 4.40 Å². The van der Waals surface area contributed by atoms with Gasteiger partial charge in [0, 0.05) is 23.9 Å². The van der Waals surface area contributed by atoms with Crippen molar-refractivity contribution in [2.45, 2.75) is 6.42 Å². The minimum Gasteiger partial charge on any atom is -0.465 e. The monoisotopic (exact) mass is 341 g/mol. The molecule has 128 valence electrons. The number of benzene rings is 2. The summed E-state index contributed by atoms with van der Waals surface area (Å²) in [6, 6.07) is 26.2. The van der Waals surface area contributed by atoms with E-state index in [9.17, 15) is 4.79 Å². The van der Waals surface area contributed by atoms with Crippen molar-refractivity contribution in [2.75, 3.05) is 7.11 Å². The minimum atomic E-state index is -0.313. The molecule has 3 nitrogen and oxygen atoms in total. The number of rotatable bonds is 4. The number of esters is 1. The van der Waals surface area contributed by atoms with E-state index >= 15 is 0 Å². The van der Waals surface area contributed by atoms with E-state index in [2.05, 4.69) is 16.5 Å². The minimum absolute atomic E-state index is 0.313. The lowest BCUT2D eigenvalue weighted by Crippen LogP contribution is -2.02. The van der Waals surface area contributed by atoms with E-state index in [1.165, 1.54) is 12.7 Å². The highest BCUT2D eigenvalue weighted by atomic mass is 16.5. The smallest absolute Gasteiger partial charge is 0.340 e. The third-order valence-corrected chi connectivity index (χ3v) is 4.61. The summed E-state index contributed by atoms with van der Waals surface area (Å²) >= 11 is 0. The van der Waals surface area contributed by atoms with E-state index in [0.29, 0.717) is 5.56 Å². The van der Waals surface area contributed by atoms with Crippen molar-refractivity contribution in [2.24, 2.45) is 0 Å². The van der Waals surface area contributed by atoms with Crippen LogP contribution >= 0.6 is 0 Å². The number of methoxy groups -OCH3 is 1. The van der Waals surface area contributed by atoms with Gasteiger partial charge in [0.25, 0.3) is 0 Å². The summed E-state index contributed by atoms with van der Waals surface area (Å²) in [5.41, 5.74) is 5.71. The number of aromatic nitrogens is 1. The first-order valence-electron chi connectivity index (χ1n) is 8.59. The maximum Gasteiger partial charge on any atom is 0.340 e. The largest absolute Gasteiger partial charge is 0.465 e. The topological polar surface area (TPSA) is 30.7 Å². The van der Waals surface area contributed by atoms with Crippen LogP contribution in [0.5, 0.6) is 0 Å². The summed E-state index contributed by atoms with van der Waals surface area (Å²) < 4.78 is 7.22. The second kappa shape index (κ2) is 6.89. The molecule has 2 aromatic heterocycles. The Morgan fingerprint density at radius 3 is 2.23 bits per heavy atom. The van der Waals surface area contributed by atoms with Crippen molar-refractivity contribution < 1.29 is 9.53 Å². The molecule has 0 aliphatic heterocycles. The number of carbonyl (C=O) groups is 1. The number of pyridine rings is 1. The van der Waals surface area contributed by atoms with E-state index in [1.54, 1.807) is 0 Å². The molecule has 4 rings (SSSR count). The Kier molecular flexibility index (Phi) is 4.28. The van der Waals surface area contributed by atoms with Crippen LogP contribution in [0.4, 0.5) is 0 Å². The lowest BCUT2D eigenvalue weighted by atomic mass is 9.97. The molecular formula is C23H19NO2. The summed E-state index contributed by atoms with van der Waals surface area (Å²) in [5.74, 6) is -0.313. The first-order chi connectivity index (χ1) is 12.8. The van der Waals surface area contributed by atoms with Crippen LogP contribution in [0.2, 0.25) is 0 Å². The fourth-order valence-electron chi connectivity index (χ4n) is 3.46. The molecule has 0 unspecified atom stereocenters. The lowest BCUT2D eigenvalue weighted by Gasteiger charge is -2.08. The lowest BCUT2D eigenvalue weighted by molar-refractivity contribution is 0.0604. The molecule has 0 atom stereocenters. The molecule has 0 aliphatic carbocycles. The molecule has 0 saturated heterocycles. The molecule has 2 aromatic carbocycles. The SMILES string of the molecule is COC(=O)c1c(-c2ccccc2)c(Cc2ccccc2)n2ccccc12. The van der Waals surface area contributed by atoms with Gasteiger partial charge in [-0.2, -0.15) is 0 Å². The van der Waals surface area contributed by atoms with Gasteiger partial charge >= 0.3 is 5.97 Å². The van der Waals surface area contributed by atoms with E-state index in [4.69, 9.17) is 4.74 Å². The highest BCUT2D eigenvalue weighted by Crippen LogP contribution is 2.35. The molecule has 0 amide bonds. The molecule has 0 bridgehead atoms. The Balaban J connectivity index is 2.04. The van der Waals surface area contributed by atoms with Crippen molar-refractivity contribution in [3.05, 3.63) is 102 Å². The number of hydrogen-bond acceptors (Lipinski definition) is 2. The van der Waals surface area contributed by atoms with Crippen LogP contribution in [-0.2, 0) is 11.2 Å². The van der Waals surface area contributed by atoms with Gasteiger partial charge in [-0.3, -0.25) is 0 Å². The van der Waals surface area contributed by atoms with Crippen LogP contribution < -0.4 is 0 Å². The Morgan fingerprint density at radius 2 is 1.54 bits per heavy atom. The molecule has 0 N–H and O–H groups in total. The molecule has 3 heteroatoms. The third kappa shape index (κ3) is 2.78. The molecule has 2 heterocycles. The zero-order valence-electron chi connectivity index (χ0n) is 14.6. The molecule has 4 aromatic rings. The van der Waals surface area contributed by atoms with E-state index in [-0.39, 0.29) is 5.97 Å². The zero-order valence-corrected chi connectivity index (χ0v) is 14.6. The normalized spacial score (nSPS) is 10.8. The van der Waals surface area contributed by atoms with Gasteiger partial charge in [0.2, 0.25) is 0 Å². The van der Waals surface area contributed by atoms with Gasteiger partial charge in [0.15, 0.2) is 0 Å². The van der Waals surface area contributed by atoms with Crippen LogP contribution in [-0.4, -0.2) is 17.5 Å². The maximum absolute atomic E-state index is 12.7. The van der Waals surface area contributed by atoms with Gasteiger partial charge in [-0.25, -0.2) is 4.79 Å². The van der Waals surface area contributed by atoms with Crippen LogP contribution in [0.15, 0.2) is 85.1 Å². The molecule has 0 radical (unpaired) electrons. The Morgan fingerprint density at radius 1 is 0.885 bits per heavy atom. The maximum atomic E-state index is 12.7. The average Bonchev–Trinajstić information content (AvgIpc) is 3.03. The quantitative estimate of drug-likeness (QED) is 0.490. The van der Waals surface area contributed by atoms with Gasteiger partial charge in [-0.1, -0.05) is 66.7 Å². The van der Waals surface area contributed by atoms with Gasteiger partial charge < -0.3 is 9.14 Å². The highest BCUT2D eigenvalue weighted by Gasteiger charge is 2.24. The first-order valence-corrected chi connectivity index (χ1v) is 8.59. The zero-order chi connectivity index (χ0) is 17.9. The number of hydrogen-bond donors (Lipinski definition) is 0. The fraction of sp³-hybridized carbons (Fsp3) is 0.0870. The van der Waals surface area contributed by atoms with Crippen molar-refractivity contribution in [3.8, 4) is 11.1 Å². The van der Waals surface area contributed by atoms with Crippen LogP contribution in [0.3, 0.4) is 0 Å². The van der Waals surface area contributed by atoms with E-state index < -0.39 is 0 Å². The second-order valence-electron chi connectivity index (χ2n) is 6.17. The van der Waals surface area contributed by atoms with E-state index in [1.807, 2.05) is 72.9 Å². The summed E-state index contributed by atoms with van der Waals surface area (Å²) in [4.78, 5) is 12.7. The summed E-state index contributed by atoms with van der Waals surface area (Å²) in [6.07, 6.45) is 2.74. The first kappa shape index (κ1) is 16.2. The third-order valence-electron chi connectivity index (χ3n) is 4.61.